The monoisotopic (exact) mass is 421 g/mol. The zero-order valence-electron chi connectivity index (χ0n) is 15.0. The number of ether oxygens (including phenoxy) is 1. The maximum absolute atomic E-state index is 13.0. The molecule has 0 bridgehead atoms. The summed E-state index contributed by atoms with van der Waals surface area (Å²) in [6.45, 7) is 2.36. The Morgan fingerprint density at radius 2 is 1.67 bits per heavy atom. The highest BCUT2D eigenvalue weighted by Gasteiger charge is 2.42. The Balaban J connectivity index is 0.00000261. The molecule has 1 amide bonds. The first kappa shape index (κ1) is 22.0. The molecule has 0 spiro atoms. The largest absolute Gasteiger partial charge is 0.381 e. The predicted molar refractivity (Wildman–Crippen MR) is 101 cm³/mol. The minimum Gasteiger partial charge on any atom is -0.381 e. The third-order valence-electron chi connectivity index (χ3n) is 5.27. The minimum atomic E-state index is -3.69. The van der Waals surface area contributed by atoms with Crippen molar-refractivity contribution in [2.24, 2.45) is 11.1 Å². The van der Waals surface area contributed by atoms with Gasteiger partial charge in [0, 0.05) is 45.9 Å². The molecule has 2 heterocycles. The van der Waals surface area contributed by atoms with Crippen LogP contribution in [0.2, 0.25) is 0 Å². The average Bonchev–Trinajstić information content (AvgIpc) is 2.68. The van der Waals surface area contributed by atoms with Gasteiger partial charge in [-0.1, -0.05) is 0 Å². The van der Waals surface area contributed by atoms with E-state index in [2.05, 4.69) is 0 Å². The first-order valence-corrected chi connectivity index (χ1v) is 10.2. The van der Waals surface area contributed by atoms with E-state index in [4.69, 9.17) is 10.5 Å². The van der Waals surface area contributed by atoms with Crippen LogP contribution in [0.15, 0.2) is 29.2 Å². The summed E-state index contributed by atoms with van der Waals surface area (Å²) in [4.78, 5) is 14.7. The van der Waals surface area contributed by atoms with Crippen LogP contribution in [0.25, 0.3) is 0 Å². The van der Waals surface area contributed by atoms with Crippen LogP contribution in [0.5, 0.6) is 0 Å². The van der Waals surface area contributed by atoms with E-state index in [1.807, 2.05) is 0 Å². The molecule has 2 saturated heterocycles. The molecule has 0 aliphatic carbocycles. The Hall–Kier alpha value is -1.26. The fourth-order valence-electron chi connectivity index (χ4n) is 3.49. The van der Waals surface area contributed by atoms with Crippen molar-refractivity contribution >= 4 is 28.3 Å². The van der Waals surface area contributed by atoms with Gasteiger partial charge in [0.05, 0.1) is 10.3 Å². The zero-order valence-corrected chi connectivity index (χ0v) is 16.6. The highest BCUT2D eigenvalue weighted by Crippen LogP contribution is 2.32. The van der Waals surface area contributed by atoms with Crippen LogP contribution < -0.4 is 5.73 Å². The van der Waals surface area contributed by atoms with Crippen molar-refractivity contribution in [2.45, 2.75) is 17.7 Å². The normalized spacial score (nSPS) is 20.7. The fourth-order valence-corrected chi connectivity index (χ4v) is 4.91. The van der Waals surface area contributed by atoms with Crippen molar-refractivity contribution in [3.05, 3.63) is 30.1 Å². The number of hydrogen-bond donors (Lipinski definition) is 1. The van der Waals surface area contributed by atoms with Crippen molar-refractivity contribution in [1.29, 1.82) is 0 Å². The molecular weight excluding hydrogens is 397 g/mol. The summed E-state index contributed by atoms with van der Waals surface area (Å²) in [5.41, 5.74) is 5.29. The second-order valence-electron chi connectivity index (χ2n) is 6.75. The standard InChI is InChI=1S/C17H24FN3O4S.ClH/c18-14-1-3-15(4-2-14)26(23,24)21-9-7-20(8-10-21)16(22)17(13-19)5-11-25-12-6-17;/h1-4H,5-13,19H2;1H. The molecule has 3 rings (SSSR count). The average molecular weight is 422 g/mol. The van der Waals surface area contributed by atoms with Gasteiger partial charge in [0.2, 0.25) is 15.9 Å². The maximum Gasteiger partial charge on any atom is 0.243 e. The number of nitrogens with zero attached hydrogens (tertiary/aromatic N) is 2. The van der Waals surface area contributed by atoms with Gasteiger partial charge in [-0.25, -0.2) is 12.8 Å². The molecule has 2 N–H and O–H groups in total. The van der Waals surface area contributed by atoms with Crippen LogP contribution in [0.1, 0.15) is 12.8 Å². The fraction of sp³-hybridized carbons (Fsp3) is 0.588. The lowest BCUT2D eigenvalue weighted by Gasteiger charge is -2.42. The smallest absolute Gasteiger partial charge is 0.243 e. The van der Waals surface area contributed by atoms with Gasteiger partial charge in [0.15, 0.2) is 0 Å². The lowest BCUT2D eigenvalue weighted by molar-refractivity contribution is -0.148. The number of nitrogens with two attached hydrogens (primary N) is 1. The predicted octanol–water partition coefficient (Wildman–Crippen LogP) is 0.836. The molecule has 2 aliphatic heterocycles. The van der Waals surface area contributed by atoms with E-state index in [1.54, 1.807) is 4.90 Å². The second kappa shape index (κ2) is 8.83. The Kier molecular flexibility index (Phi) is 7.20. The highest BCUT2D eigenvalue weighted by atomic mass is 35.5. The molecule has 2 fully saturated rings. The SMILES string of the molecule is Cl.NCC1(C(=O)N2CCN(S(=O)(=O)c3ccc(F)cc3)CC2)CCOCC1. The van der Waals surface area contributed by atoms with Gasteiger partial charge in [-0.15, -0.1) is 12.4 Å². The van der Waals surface area contributed by atoms with Crippen LogP contribution in [0.3, 0.4) is 0 Å². The van der Waals surface area contributed by atoms with Crippen molar-refractivity contribution < 1.29 is 22.3 Å². The number of halogens is 2. The lowest BCUT2D eigenvalue weighted by Crippen LogP contribution is -2.57. The van der Waals surface area contributed by atoms with E-state index < -0.39 is 21.3 Å². The van der Waals surface area contributed by atoms with Gasteiger partial charge in [-0.05, 0) is 37.1 Å². The molecule has 0 radical (unpaired) electrons. The first-order chi connectivity index (χ1) is 12.4. The number of carbonyl (C=O) groups excluding carboxylic acids is 1. The van der Waals surface area contributed by atoms with Gasteiger partial charge in [0.25, 0.3) is 0 Å². The summed E-state index contributed by atoms with van der Waals surface area (Å²) >= 11 is 0. The van der Waals surface area contributed by atoms with Crippen LogP contribution in [0, 0.1) is 11.2 Å². The molecule has 0 aromatic heterocycles. The number of amides is 1. The van der Waals surface area contributed by atoms with Gasteiger partial charge >= 0.3 is 0 Å². The minimum absolute atomic E-state index is 0. The first-order valence-electron chi connectivity index (χ1n) is 8.72. The van der Waals surface area contributed by atoms with E-state index in [-0.39, 0.29) is 42.8 Å². The third kappa shape index (κ3) is 4.43. The molecule has 0 saturated carbocycles. The summed E-state index contributed by atoms with van der Waals surface area (Å²) < 4.78 is 45.0. The Labute approximate surface area is 165 Å². The van der Waals surface area contributed by atoms with Gasteiger partial charge in [0.1, 0.15) is 5.82 Å². The Bertz CT molecular complexity index is 746. The van der Waals surface area contributed by atoms with Crippen molar-refractivity contribution in [2.75, 3.05) is 45.9 Å². The molecule has 1 aromatic rings. The molecule has 1 aromatic carbocycles. The Morgan fingerprint density at radius 3 is 2.19 bits per heavy atom. The third-order valence-corrected chi connectivity index (χ3v) is 7.18. The second-order valence-corrected chi connectivity index (χ2v) is 8.68. The zero-order chi connectivity index (χ0) is 18.8. The van der Waals surface area contributed by atoms with E-state index in [0.717, 1.165) is 12.1 Å². The highest BCUT2D eigenvalue weighted by molar-refractivity contribution is 7.89. The number of carbonyl (C=O) groups is 1. The van der Waals surface area contributed by atoms with Gasteiger partial charge in [-0.2, -0.15) is 4.31 Å². The van der Waals surface area contributed by atoms with Crippen LogP contribution in [-0.2, 0) is 19.6 Å². The number of sulfonamides is 1. The molecule has 27 heavy (non-hydrogen) atoms. The van der Waals surface area contributed by atoms with Crippen LogP contribution in [-0.4, -0.2) is 69.5 Å². The van der Waals surface area contributed by atoms with Crippen LogP contribution >= 0.6 is 12.4 Å². The van der Waals surface area contributed by atoms with E-state index in [9.17, 15) is 17.6 Å². The van der Waals surface area contributed by atoms with Crippen LogP contribution in [0.4, 0.5) is 4.39 Å². The van der Waals surface area contributed by atoms with E-state index in [0.29, 0.717) is 39.1 Å². The van der Waals surface area contributed by atoms with Crippen molar-refractivity contribution in [1.82, 2.24) is 9.21 Å². The number of benzene rings is 1. The summed E-state index contributed by atoms with van der Waals surface area (Å²) in [5.74, 6) is -0.495. The van der Waals surface area contributed by atoms with Crippen molar-refractivity contribution in [3.63, 3.8) is 0 Å². The summed E-state index contributed by atoms with van der Waals surface area (Å²) in [5, 5.41) is 0. The molecule has 0 unspecified atom stereocenters. The molecular formula is C17H25ClFN3O4S. The van der Waals surface area contributed by atoms with Gasteiger partial charge < -0.3 is 15.4 Å². The van der Waals surface area contributed by atoms with Crippen molar-refractivity contribution in [3.8, 4) is 0 Å². The van der Waals surface area contributed by atoms with Gasteiger partial charge in [-0.3, -0.25) is 4.79 Å². The van der Waals surface area contributed by atoms with E-state index >= 15 is 0 Å². The summed E-state index contributed by atoms with van der Waals surface area (Å²) in [6.07, 6.45) is 1.19. The Morgan fingerprint density at radius 1 is 1.11 bits per heavy atom. The number of hydrogen-bond acceptors (Lipinski definition) is 5. The van der Waals surface area contributed by atoms with E-state index in [1.165, 1.54) is 16.4 Å². The molecule has 10 heteroatoms. The maximum atomic E-state index is 13.0. The topological polar surface area (TPSA) is 92.9 Å². The quantitative estimate of drug-likeness (QED) is 0.777. The number of rotatable bonds is 4. The summed E-state index contributed by atoms with van der Waals surface area (Å²) in [7, 11) is -3.69. The summed E-state index contributed by atoms with van der Waals surface area (Å²) in [6, 6.07) is 4.77. The molecule has 0 atom stereocenters. The molecule has 7 nitrogen and oxygen atoms in total. The lowest BCUT2D eigenvalue weighted by atomic mass is 9.78. The molecule has 2 aliphatic rings. The number of piperazine rings is 1. The molecule has 152 valence electrons.